The van der Waals surface area contributed by atoms with Crippen molar-refractivity contribution in [2.45, 2.75) is 64.7 Å². The number of hydrogen-bond acceptors (Lipinski definition) is 1. The third-order valence-corrected chi connectivity index (χ3v) is 4.69. The van der Waals surface area contributed by atoms with Crippen LogP contribution < -0.4 is 0 Å². The summed E-state index contributed by atoms with van der Waals surface area (Å²) < 4.78 is 0. The van der Waals surface area contributed by atoms with Gasteiger partial charge in [-0.1, -0.05) is 32.6 Å². The first-order chi connectivity index (χ1) is 8.29. The molecule has 2 nitrogen and oxygen atoms in total. The maximum absolute atomic E-state index is 11.9. The van der Waals surface area contributed by atoms with Crippen LogP contribution >= 0.6 is 0 Å². The molecule has 0 bridgehead atoms. The van der Waals surface area contributed by atoms with Gasteiger partial charge in [0, 0.05) is 19.5 Å². The summed E-state index contributed by atoms with van der Waals surface area (Å²) in [5.41, 5.74) is 0. The minimum atomic E-state index is 0.417. The van der Waals surface area contributed by atoms with Crippen LogP contribution in [0.3, 0.4) is 0 Å². The minimum Gasteiger partial charge on any atom is -0.342 e. The van der Waals surface area contributed by atoms with Crippen molar-refractivity contribution in [1.29, 1.82) is 0 Å². The van der Waals surface area contributed by atoms with E-state index in [1.165, 1.54) is 44.9 Å². The Morgan fingerprint density at radius 2 is 1.76 bits per heavy atom. The van der Waals surface area contributed by atoms with Crippen molar-refractivity contribution in [3.8, 4) is 0 Å². The van der Waals surface area contributed by atoms with E-state index in [4.69, 9.17) is 0 Å². The van der Waals surface area contributed by atoms with Gasteiger partial charge in [0.05, 0.1) is 0 Å². The van der Waals surface area contributed by atoms with Crippen LogP contribution in [0.1, 0.15) is 64.7 Å². The van der Waals surface area contributed by atoms with E-state index in [0.717, 1.165) is 37.8 Å². The van der Waals surface area contributed by atoms with Crippen molar-refractivity contribution in [3.05, 3.63) is 0 Å². The van der Waals surface area contributed by atoms with Crippen molar-refractivity contribution in [2.75, 3.05) is 13.1 Å². The van der Waals surface area contributed by atoms with Crippen molar-refractivity contribution < 1.29 is 4.79 Å². The summed E-state index contributed by atoms with van der Waals surface area (Å²) in [4.78, 5) is 14.1. The van der Waals surface area contributed by atoms with Gasteiger partial charge in [0.25, 0.3) is 0 Å². The molecule has 1 aliphatic carbocycles. The zero-order valence-corrected chi connectivity index (χ0v) is 11.3. The number of amides is 1. The predicted molar refractivity (Wildman–Crippen MR) is 70.8 cm³/mol. The molecular weight excluding hydrogens is 210 g/mol. The molecule has 0 unspecified atom stereocenters. The lowest BCUT2D eigenvalue weighted by Gasteiger charge is -2.32. The normalized spacial score (nSPS) is 31.4. The van der Waals surface area contributed by atoms with Gasteiger partial charge in [-0.3, -0.25) is 4.79 Å². The lowest BCUT2D eigenvalue weighted by Crippen LogP contribution is -2.36. The van der Waals surface area contributed by atoms with Gasteiger partial charge in [-0.2, -0.15) is 0 Å². The molecule has 1 saturated heterocycles. The molecule has 0 atom stereocenters. The van der Waals surface area contributed by atoms with Gasteiger partial charge in [-0.15, -0.1) is 0 Å². The lowest BCUT2D eigenvalue weighted by atomic mass is 9.80. The lowest BCUT2D eigenvalue weighted by molar-refractivity contribution is -0.131. The van der Waals surface area contributed by atoms with E-state index in [1.807, 2.05) is 0 Å². The summed E-state index contributed by atoms with van der Waals surface area (Å²) >= 11 is 0. The van der Waals surface area contributed by atoms with Crippen molar-refractivity contribution in [2.24, 2.45) is 11.8 Å². The zero-order valence-electron chi connectivity index (χ0n) is 11.3. The Bertz CT molecular complexity index is 243. The Morgan fingerprint density at radius 3 is 2.47 bits per heavy atom. The summed E-state index contributed by atoms with van der Waals surface area (Å²) in [7, 11) is 0. The summed E-state index contributed by atoms with van der Waals surface area (Å²) in [5, 5.41) is 0. The molecular formula is C15H27NO. The largest absolute Gasteiger partial charge is 0.342 e. The maximum atomic E-state index is 11.9. The first-order valence-corrected chi connectivity index (χ1v) is 7.57. The molecule has 1 aliphatic heterocycles. The van der Waals surface area contributed by atoms with Gasteiger partial charge in [0.15, 0.2) is 0 Å². The fourth-order valence-corrected chi connectivity index (χ4v) is 3.37. The third kappa shape index (κ3) is 3.72. The fourth-order valence-electron chi connectivity index (χ4n) is 3.37. The maximum Gasteiger partial charge on any atom is 0.222 e. The molecule has 1 saturated carbocycles. The van der Waals surface area contributed by atoms with E-state index < -0.39 is 0 Å². The second-order valence-electron chi connectivity index (χ2n) is 5.95. The molecule has 0 aromatic rings. The average Bonchev–Trinajstić information content (AvgIpc) is 2.56. The van der Waals surface area contributed by atoms with Gasteiger partial charge < -0.3 is 4.90 Å². The van der Waals surface area contributed by atoms with E-state index in [1.54, 1.807) is 0 Å². The first kappa shape index (κ1) is 12.9. The Labute approximate surface area is 106 Å². The zero-order chi connectivity index (χ0) is 12.1. The Kier molecular flexibility index (Phi) is 4.87. The van der Waals surface area contributed by atoms with Gasteiger partial charge in [-0.05, 0) is 37.5 Å². The van der Waals surface area contributed by atoms with E-state index in [0.29, 0.717) is 5.91 Å². The molecule has 0 aromatic carbocycles. The van der Waals surface area contributed by atoms with Crippen LogP contribution in [-0.4, -0.2) is 23.9 Å². The van der Waals surface area contributed by atoms with Crippen molar-refractivity contribution in [3.63, 3.8) is 0 Å². The molecule has 0 radical (unpaired) electrons. The molecule has 2 fully saturated rings. The molecule has 0 spiro atoms. The highest BCUT2D eigenvalue weighted by atomic mass is 16.2. The predicted octanol–water partition coefficient (Wildman–Crippen LogP) is 3.61. The minimum absolute atomic E-state index is 0.417. The molecule has 1 amide bonds. The van der Waals surface area contributed by atoms with E-state index in [-0.39, 0.29) is 0 Å². The smallest absolute Gasteiger partial charge is 0.222 e. The highest BCUT2D eigenvalue weighted by molar-refractivity contribution is 5.76. The topological polar surface area (TPSA) is 20.3 Å². The van der Waals surface area contributed by atoms with Crippen molar-refractivity contribution >= 4 is 5.91 Å². The van der Waals surface area contributed by atoms with Gasteiger partial charge in [0.1, 0.15) is 0 Å². The number of nitrogens with zero attached hydrogens (tertiary/aromatic N) is 1. The number of rotatable bonds is 3. The highest BCUT2D eigenvalue weighted by Crippen LogP contribution is 2.31. The van der Waals surface area contributed by atoms with Gasteiger partial charge in [0.2, 0.25) is 5.91 Å². The molecule has 98 valence electrons. The summed E-state index contributed by atoms with van der Waals surface area (Å²) in [6.45, 7) is 4.38. The van der Waals surface area contributed by atoms with Crippen LogP contribution in [0.15, 0.2) is 0 Å². The van der Waals surface area contributed by atoms with Crippen LogP contribution in [0.25, 0.3) is 0 Å². The molecule has 0 aromatic heterocycles. The Balaban J connectivity index is 1.78. The number of carbonyl (C=O) groups is 1. The molecule has 1 heterocycles. The second kappa shape index (κ2) is 6.42. The first-order valence-electron chi connectivity index (χ1n) is 7.57. The van der Waals surface area contributed by atoms with E-state index in [2.05, 4.69) is 11.8 Å². The Hall–Kier alpha value is -0.530. The highest BCUT2D eigenvalue weighted by Gasteiger charge is 2.24. The summed E-state index contributed by atoms with van der Waals surface area (Å²) in [5.74, 6) is 2.17. The van der Waals surface area contributed by atoms with Gasteiger partial charge in [-0.25, -0.2) is 0 Å². The van der Waals surface area contributed by atoms with Crippen LogP contribution in [0, 0.1) is 11.8 Å². The fraction of sp³-hybridized carbons (Fsp3) is 0.933. The molecule has 2 rings (SSSR count). The van der Waals surface area contributed by atoms with E-state index in [9.17, 15) is 4.79 Å². The number of likely N-dealkylation sites (tertiary alicyclic amines) is 1. The monoisotopic (exact) mass is 237 g/mol. The van der Waals surface area contributed by atoms with Crippen LogP contribution in [0.5, 0.6) is 0 Å². The molecule has 2 heteroatoms. The SMILES string of the molecule is CCC1CCC(CN2CCCCCC2=O)CC1. The van der Waals surface area contributed by atoms with Crippen molar-refractivity contribution in [1.82, 2.24) is 4.90 Å². The van der Waals surface area contributed by atoms with E-state index >= 15 is 0 Å². The third-order valence-electron chi connectivity index (χ3n) is 4.69. The number of carbonyl (C=O) groups excluding carboxylic acids is 1. The van der Waals surface area contributed by atoms with Crippen LogP contribution in [0.2, 0.25) is 0 Å². The Morgan fingerprint density at radius 1 is 1.06 bits per heavy atom. The summed E-state index contributed by atoms with van der Waals surface area (Å²) in [6, 6.07) is 0. The quantitative estimate of drug-likeness (QED) is 0.734. The number of hydrogen-bond donors (Lipinski definition) is 0. The molecule has 2 aliphatic rings. The summed E-state index contributed by atoms with van der Waals surface area (Å²) in [6.07, 6.45) is 11.2. The second-order valence-corrected chi connectivity index (χ2v) is 5.95. The average molecular weight is 237 g/mol. The van der Waals surface area contributed by atoms with Crippen LogP contribution in [-0.2, 0) is 4.79 Å². The van der Waals surface area contributed by atoms with Gasteiger partial charge >= 0.3 is 0 Å². The molecule has 0 N–H and O–H groups in total. The standard InChI is InChI=1S/C15H27NO/c1-2-13-7-9-14(10-8-13)12-16-11-5-3-4-6-15(16)17/h13-14H,2-12H2,1H3. The van der Waals surface area contributed by atoms with Crippen LogP contribution in [0.4, 0.5) is 0 Å². The molecule has 17 heavy (non-hydrogen) atoms.